The van der Waals surface area contributed by atoms with E-state index in [1.54, 1.807) is 24.0 Å². The van der Waals surface area contributed by atoms with Crippen molar-refractivity contribution in [3.05, 3.63) is 34.9 Å². The van der Waals surface area contributed by atoms with Crippen molar-refractivity contribution in [2.45, 2.75) is 104 Å². The van der Waals surface area contributed by atoms with Crippen LogP contribution in [0.1, 0.15) is 98.0 Å². The van der Waals surface area contributed by atoms with Gasteiger partial charge in [-0.05, 0) is 91.7 Å². The molecule has 0 aromatic heterocycles. The van der Waals surface area contributed by atoms with Gasteiger partial charge < -0.3 is 20.4 Å². The minimum atomic E-state index is -1.05. The predicted octanol–water partition coefficient (Wildman–Crippen LogP) is 6.01. The molecule has 0 unspecified atom stereocenters. The topological polar surface area (TPSA) is 107 Å². The molecule has 41 heavy (non-hydrogen) atoms. The van der Waals surface area contributed by atoms with E-state index in [4.69, 9.17) is 16.7 Å². The van der Waals surface area contributed by atoms with E-state index in [9.17, 15) is 19.5 Å². The monoisotopic (exact) mass is 588 g/mol. The molecular weight excluding hydrogens is 540 g/mol. The molecule has 6 rings (SSSR count). The molecule has 1 aromatic rings. The van der Waals surface area contributed by atoms with Gasteiger partial charge in [-0.2, -0.15) is 0 Å². The van der Waals surface area contributed by atoms with Crippen LogP contribution in [0.15, 0.2) is 24.3 Å². The van der Waals surface area contributed by atoms with Crippen LogP contribution in [0.4, 0.5) is 0 Å². The van der Waals surface area contributed by atoms with Crippen LogP contribution >= 0.6 is 11.6 Å². The molecule has 4 aliphatic carbocycles. The third-order valence-electron chi connectivity index (χ3n) is 10.3. The number of rotatable bonds is 7. The molecule has 2 atom stereocenters. The standard InChI is InChI=1S/C21H31ClN2O3.C12H18O2/c1-6-17(25)23-18(14(2)3)19(26)24-12-11-21(27,20(4,5)13-24)15-7-9-16(22)10-8-15;13-11(14)7-12-4-8-1-9(5-12)3-10(2-8)6-12/h7-10,14,18,27H,6,11-13H2,1-5H3,(H,23,25);8-10H,1-7H2,(H,13,14)/t18-,21+;/m1./s1. The normalized spacial score (nSPS) is 32.2. The molecule has 228 valence electrons. The number of hydrogen-bond acceptors (Lipinski definition) is 4. The molecule has 2 amide bonds. The van der Waals surface area contributed by atoms with Gasteiger partial charge in [0.05, 0.1) is 12.0 Å². The Bertz CT molecular complexity index is 1080. The van der Waals surface area contributed by atoms with E-state index >= 15 is 0 Å². The van der Waals surface area contributed by atoms with Gasteiger partial charge in [-0.1, -0.05) is 58.4 Å². The molecule has 4 bridgehead atoms. The summed E-state index contributed by atoms with van der Waals surface area (Å²) in [4.78, 5) is 37.6. The summed E-state index contributed by atoms with van der Waals surface area (Å²) >= 11 is 5.98. The lowest BCUT2D eigenvalue weighted by Gasteiger charge is -2.56. The number of likely N-dealkylation sites (tertiary alicyclic amines) is 1. The molecule has 3 N–H and O–H groups in total. The highest BCUT2D eigenvalue weighted by molar-refractivity contribution is 6.30. The Morgan fingerprint density at radius 2 is 1.56 bits per heavy atom. The quantitative estimate of drug-likeness (QED) is 0.361. The highest BCUT2D eigenvalue weighted by Gasteiger charge is 2.52. The maximum Gasteiger partial charge on any atom is 0.303 e. The van der Waals surface area contributed by atoms with Crippen LogP contribution in [0, 0.1) is 34.5 Å². The van der Waals surface area contributed by atoms with Crippen molar-refractivity contribution in [2.75, 3.05) is 13.1 Å². The number of aliphatic carboxylic acids is 1. The Balaban J connectivity index is 0.000000228. The molecule has 0 spiro atoms. The number of carboxylic acids is 1. The highest BCUT2D eigenvalue weighted by atomic mass is 35.5. The van der Waals surface area contributed by atoms with E-state index in [1.807, 2.05) is 39.8 Å². The number of piperidine rings is 1. The summed E-state index contributed by atoms with van der Waals surface area (Å²) < 4.78 is 0. The van der Waals surface area contributed by atoms with Gasteiger partial charge in [-0.3, -0.25) is 14.4 Å². The lowest BCUT2D eigenvalue weighted by atomic mass is 9.49. The molecule has 5 fully saturated rings. The van der Waals surface area contributed by atoms with Gasteiger partial charge in [-0.25, -0.2) is 0 Å². The van der Waals surface area contributed by atoms with Crippen molar-refractivity contribution >= 4 is 29.4 Å². The lowest BCUT2D eigenvalue weighted by Crippen LogP contribution is -2.60. The Hall–Kier alpha value is -2.12. The minimum Gasteiger partial charge on any atom is -0.481 e. The Labute approximate surface area is 250 Å². The first-order chi connectivity index (χ1) is 19.2. The number of carbonyl (C=O) groups is 3. The smallest absolute Gasteiger partial charge is 0.303 e. The summed E-state index contributed by atoms with van der Waals surface area (Å²) in [6, 6.07) is 6.70. The number of amides is 2. The molecule has 1 saturated heterocycles. The van der Waals surface area contributed by atoms with Crippen molar-refractivity contribution in [1.29, 1.82) is 0 Å². The third-order valence-corrected chi connectivity index (χ3v) is 10.6. The zero-order valence-corrected chi connectivity index (χ0v) is 26.2. The second-order valence-electron chi connectivity index (χ2n) is 14.4. The van der Waals surface area contributed by atoms with Crippen molar-refractivity contribution in [2.24, 2.45) is 34.5 Å². The van der Waals surface area contributed by atoms with Crippen LogP contribution in [0.2, 0.25) is 5.02 Å². The molecule has 5 aliphatic rings. The highest BCUT2D eigenvalue weighted by Crippen LogP contribution is 2.61. The zero-order valence-electron chi connectivity index (χ0n) is 25.4. The summed E-state index contributed by atoms with van der Waals surface area (Å²) in [7, 11) is 0. The second-order valence-corrected chi connectivity index (χ2v) is 14.8. The van der Waals surface area contributed by atoms with Crippen LogP contribution in [-0.2, 0) is 20.0 Å². The molecule has 8 heteroatoms. The maximum atomic E-state index is 13.1. The van der Waals surface area contributed by atoms with Gasteiger partial charge in [0.25, 0.3) is 0 Å². The van der Waals surface area contributed by atoms with E-state index in [2.05, 4.69) is 5.32 Å². The van der Waals surface area contributed by atoms with E-state index in [1.165, 1.54) is 38.5 Å². The fourth-order valence-corrected chi connectivity index (χ4v) is 8.71. The van der Waals surface area contributed by atoms with Crippen molar-refractivity contribution in [1.82, 2.24) is 10.2 Å². The Morgan fingerprint density at radius 1 is 1.02 bits per heavy atom. The summed E-state index contributed by atoms with van der Waals surface area (Å²) in [5.41, 5.74) is -0.566. The summed E-state index contributed by atoms with van der Waals surface area (Å²) in [6.07, 6.45) is 9.06. The fraction of sp³-hybridized carbons (Fsp3) is 0.727. The van der Waals surface area contributed by atoms with E-state index in [-0.39, 0.29) is 23.1 Å². The number of aliphatic hydroxyl groups is 1. The summed E-state index contributed by atoms with van der Waals surface area (Å²) in [6.45, 7) is 10.4. The first kappa shape index (κ1) is 31.8. The molecular formula is C33H49ClN2O5. The minimum absolute atomic E-state index is 0.00631. The molecule has 1 heterocycles. The van der Waals surface area contributed by atoms with Crippen molar-refractivity contribution in [3.63, 3.8) is 0 Å². The second kappa shape index (κ2) is 12.2. The SMILES string of the molecule is CCC(=O)N[C@@H](C(=O)N1CC[C@](O)(c2ccc(Cl)cc2)C(C)(C)C1)C(C)C.O=C(O)CC12CC3CC(CC(C3)C1)C2. The number of carbonyl (C=O) groups excluding carboxylic acids is 2. The van der Waals surface area contributed by atoms with Crippen LogP contribution in [0.25, 0.3) is 0 Å². The molecule has 0 radical (unpaired) electrons. The number of halogens is 1. The van der Waals surface area contributed by atoms with Crippen LogP contribution in [0.5, 0.6) is 0 Å². The van der Waals surface area contributed by atoms with Gasteiger partial charge in [0, 0.05) is 29.9 Å². The predicted molar refractivity (Wildman–Crippen MR) is 160 cm³/mol. The summed E-state index contributed by atoms with van der Waals surface area (Å²) in [5.74, 6) is 1.83. The fourth-order valence-electron chi connectivity index (χ4n) is 8.58. The molecule has 1 aliphatic heterocycles. The third kappa shape index (κ3) is 6.93. The van der Waals surface area contributed by atoms with Crippen molar-refractivity contribution < 1.29 is 24.6 Å². The molecule has 4 saturated carbocycles. The van der Waals surface area contributed by atoms with E-state index < -0.39 is 23.0 Å². The van der Waals surface area contributed by atoms with Gasteiger partial charge in [0.15, 0.2) is 0 Å². The summed E-state index contributed by atoms with van der Waals surface area (Å²) in [5, 5.41) is 23.9. The van der Waals surface area contributed by atoms with Crippen LogP contribution < -0.4 is 5.32 Å². The van der Waals surface area contributed by atoms with Crippen molar-refractivity contribution in [3.8, 4) is 0 Å². The number of carboxylic acid groups (broad SMARTS) is 1. The largest absolute Gasteiger partial charge is 0.481 e. The van der Waals surface area contributed by atoms with Gasteiger partial charge in [0.1, 0.15) is 6.04 Å². The van der Waals surface area contributed by atoms with Gasteiger partial charge in [0.2, 0.25) is 11.8 Å². The van der Waals surface area contributed by atoms with Crippen LogP contribution in [-0.4, -0.2) is 52.0 Å². The Morgan fingerprint density at radius 3 is 2.00 bits per heavy atom. The van der Waals surface area contributed by atoms with Gasteiger partial charge in [-0.15, -0.1) is 0 Å². The van der Waals surface area contributed by atoms with E-state index in [0.717, 1.165) is 23.3 Å². The van der Waals surface area contributed by atoms with Crippen LogP contribution in [0.3, 0.4) is 0 Å². The lowest BCUT2D eigenvalue weighted by molar-refractivity contribution is -0.156. The van der Waals surface area contributed by atoms with E-state index in [0.29, 0.717) is 37.4 Å². The number of nitrogens with zero attached hydrogens (tertiary/aromatic N) is 1. The average molecular weight is 589 g/mol. The first-order valence-electron chi connectivity index (χ1n) is 15.5. The number of hydrogen-bond donors (Lipinski definition) is 3. The molecule has 1 aromatic carbocycles. The first-order valence-corrected chi connectivity index (χ1v) is 15.8. The maximum absolute atomic E-state index is 13.1. The Kier molecular flexibility index (Phi) is 9.50. The number of benzene rings is 1. The van der Waals surface area contributed by atoms with Gasteiger partial charge >= 0.3 is 5.97 Å². The number of nitrogens with one attached hydrogen (secondary N) is 1. The molecule has 7 nitrogen and oxygen atoms in total. The average Bonchev–Trinajstić information content (AvgIpc) is 2.87. The zero-order chi connectivity index (χ0) is 30.2.